The van der Waals surface area contributed by atoms with Gasteiger partial charge < -0.3 is 15.4 Å². The molecule has 4 atom stereocenters. The van der Waals surface area contributed by atoms with E-state index < -0.39 is 18.1 Å². The van der Waals surface area contributed by atoms with Crippen molar-refractivity contribution in [1.82, 2.24) is 4.90 Å². The van der Waals surface area contributed by atoms with Crippen molar-refractivity contribution in [3.63, 3.8) is 0 Å². The monoisotopic (exact) mass is 568 g/mol. The predicted octanol–water partition coefficient (Wildman–Crippen LogP) is 5.35. The number of nitrogens with two attached hydrogens (primary N) is 1. The third-order valence-electron chi connectivity index (χ3n) is 6.96. The Kier molecular flexibility index (Phi) is 7.00. The number of carbonyl (C=O) groups excluding carboxylic acids is 1. The molecule has 1 amide bonds. The van der Waals surface area contributed by atoms with E-state index in [1.54, 1.807) is 30.0 Å². The number of anilines is 2. The van der Waals surface area contributed by atoms with Crippen molar-refractivity contribution in [1.29, 1.82) is 0 Å². The zero-order valence-electron chi connectivity index (χ0n) is 20.4. The summed E-state index contributed by atoms with van der Waals surface area (Å²) in [5.41, 5.74) is 8.80. The van der Waals surface area contributed by atoms with Crippen LogP contribution in [0.4, 0.5) is 20.2 Å². The molecule has 1 saturated heterocycles. The highest BCUT2D eigenvalue weighted by Crippen LogP contribution is 2.38. The van der Waals surface area contributed by atoms with Gasteiger partial charge in [0.2, 0.25) is 0 Å². The summed E-state index contributed by atoms with van der Waals surface area (Å²) in [4.78, 5) is 14.9. The third kappa shape index (κ3) is 4.98. The lowest BCUT2D eigenvalue weighted by molar-refractivity contribution is -0.130. The fraction of sp³-hybridized carbons (Fsp3) is 0.286. The van der Waals surface area contributed by atoms with Gasteiger partial charge in [0.1, 0.15) is 24.0 Å². The molecule has 2 aliphatic rings. The van der Waals surface area contributed by atoms with Gasteiger partial charge in [0, 0.05) is 11.0 Å². The number of nitrogen functional groups attached to an aromatic ring is 1. The van der Waals surface area contributed by atoms with Gasteiger partial charge in [-0.3, -0.25) is 9.80 Å². The highest BCUT2D eigenvalue weighted by molar-refractivity contribution is 9.10. The fourth-order valence-corrected chi connectivity index (χ4v) is 5.24. The molecule has 2 unspecified atom stereocenters. The molecule has 192 valence electrons. The molecule has 9 heteroatoms. The van der Waals surface area contributed by atoms with Gasteiger partial charge in [-0.25, -0.2) is 8.78 Å². The Morgan fingerprint density at radius 2 is 1.73 bits per heavy atom. The molecule has 2 aliphatic heterocycles. The van der Waals surface area contributed by atoms with Crippen LogP contribution in [0.5, 0.6) is 0 Å². The van der Waals surface area contributed by atoms with Crippen LogP contribution >= 0.6 is 15.9 Å². The number of carbonyl (C=O) groups is 1. The summed E-state index contributed by atoms with van der Waals surface area (Å²) in [6.45, 7) is 4.12. The lowest BCUT2D eigenvalue weighted by Gasteiger charge is -2.33. The highest BCUT2D eigenvalue weighted by Gasteiger charge is 2.49. The molecule has 0 aromatic heterocycles. The van der Waals surface area contributed by atoms with E-state index in [0.717, 1.165) is 21.3 Å². The van der Waals surface area contributed by atoms with E-state index in [1.165, 1.54) is 24.3 Å². The van der Waals surface area contributed by atoms with Crippen molar-refractivity contribution >= 4 is 38.9 Å². The molecule has 2 N–H and O–H groups in total. The largest absolute Gasteiger partial charge is 0.396 e. The predicted molar refractivity (Wildman–Crippen MR) is 143 cm³/mol. The Hall–Kier alpha value is -3.30. The number of hydrogen-bond donors (Lipinski definition) is 1. The molecule has 2 heterocycles. The molecule has 1 fully saturated rings. The van der Waals surface area contributed by atoms with E-state index in [2.05, 4.69) is 15.9 Å². The second-order valence-corrected chi connectivity index (χ2v) is 10.3. The molecule has 0 spiro atoms. The van der Waals surface area contributed by atoms with Gasteiger partial charge in [-0.1, -0.05) is 34.1 Å². The Bertz CT molecular complexity index is 1330. The van der Waals surface area contributed by atoms with Gasteiger partial charge in [-0.15, -0.1) is 0 Å². The van der Waals surface area contributed by atoms with Crippen molar-refractivity contribution in [3.8, 4) is 0 Å². The van der Waals surface area contributed by atoms with E-state index in [-0.39, 0.29) is 29.4 Å². The van der Waals surface area contributed by atoms with E-state index >= 15 is 0 Å². The minimum absolute atomic E-state index is 0.0868. The first-order valence-corrected chi connectivity index (χ1v) is 12.9. The summed E-state index contributed by atoms with van der Waals surface area (Å²) in [6.07, 6.45) is -0.785. The highest BCUT2D eigenvalue weighted by atomic mass is 79.9. The van der Waals surface area contributed by atoms with Crippen molar-refractivity contribution in [3.05, 3.63) is 94.0 Å². The SMILES string of the molecule is CC1C([C@H]2O[C@@H](C)C(=O)N2CCc2ccc(N)c(F)c2)C(c2ccc(F)cc2)=NN1c1ccc(Br)cc1. The van der Waals surface area contributed by atoms with E-state index in [0.29, 0.717) is 18.7 Å². The number of rotatable bonds is 6. The van der Waals surface area contributed by atoms with Crippen LogP contribution in [0.1, 0.15) is 25.0 Å². The molecular formula is C28H27BrF2N4O2. The number of hydrogen-bond acceptors (Lipinski definition) is 5. The summed E-state index contributed by atoms with van der Waals surface area (Å²) in [5, 5.41) is 6.87. The number of benzene rings is 3. The second-order valence-electron chi connectivity index (χ2n) is 9.39. The lowest BCUT2D eigenvalue weighted by atomic mass is 9.89. The maximum absolute atomic E-state index is 14.0. The van der Waals surface area contributed by atoms with Gasteiger partial charge >= 0.3 is 0 Å². The Labute approximate surface area is 222 Å². The summed E-state index contributed by atoms with van der Waals surface area (Å²) in [7, 11) is 0. The summed E-state index contributed by atoms with van der Waals surface area (Å²) >= 11 is 3.47. The number of ether oxygens (including phenoxy) is 1. The summed E-state index contributed by atoms with van der Waals surface area (Å²) < 4.78 is 34.9. The Balaban J connectivity index is 1.48. The number of amides is 1. The van der Waals surface area contributed by atoms with Crippen LogP contribution in [0.2, 0.25) is 0 Å². The first-order valence-electron chi connectivity index (χ1n) is 12.1. The van der Waals surface area contributed by atoms with Gasteiger partial charge in [-0.05, 0) is 79.9 Å². The topological polar surface area (TPSA) is 71.2 Å². The molecule has 3 aromatic rings. The molecule has 0 bridgehead atoms. The molecular weight excluding hydrogens is 542 g/mol. The molecule has 6 nitrogen and oxygen atoms in total. The molecule has 37 heavy (non-hydrogen) atoms. The number of halogens is 3. The quantitative estimate of drug-likeness (QED) is 0.407. The van der Waals surface area contributed by atoms with Gasteiger partial charge in [0.25, 0.3) is 5.91 Å². The minimum atomic E-state index is -0.628. The van der Waals surface area contributed by atoms with Gasteiger partial charge in [0.15, 0.2) is 0 Å². The average Bonchev–Trinajstić information content (AvgIpc) is 3.36. The molecule has 0 saturated carbocycles. The smallest absolute Gasteiger partial charge is 0.253 e. The molecule has 0 radical (unpaired) electrons. The minimum Gasteiger partial charge on any atom is -0.396 e. The third-order valence-corrected chi connectivity index (χ3v) is 7.49. The maximum atomic E-state index is 14.0. The normalized spacial score (nSPS) is 23.6. The number of hydrazone groups is 1. The van der Waals surface area contributed by atoms with E-state index in [4.69, 9.17) is 15.6 Å². The van der Waals surface area contributed by atoms with Crippen LogP contribution in [0.15, 0.2) is 76.3 Å². The van der Waals surface area contributed by atoms with Gasteiger partial charge in [0.05, 0.1) is 29.0 Å². The Morgan fingerprint density at radius 1 is 1.03 bits per heavy atom. The molecule has 5 rings (SSSR count). The van der Waals surface area contributed by atoms with Crippen molar-refractivity contribution < 1.29 is 18.3 Å². The zero-order valence-corrected chi connectivity index (χ0v) is 22.0. The van der Waals surface area contributed by atoms with Crippen LogP contribution in [0.3, 0.4) is 0 Å². The van der Waals surface area contributed by atoms with Crippen molar-refractivity contribution in [2.45, 2.75) is 38.6 Å². The van der Waals surface area contributed by atoms with Crippen molar-refractivity contribution in [2.24, 2.45) is 11.0 Å². The first kappa shape index (κ1) is 25.4. The van der Waals surface area contributed by atoms with Crippen LogP contribution in [-0.2, 0) is 16.0 Å². The van der Waals surface area contributed by atoms with E-state index in [1.807, 2.05) is 36.2 Å². The maximum Gasteiger partial charge on any atom is 0.253 e. The average molecular weight is 569 g/mol. The lowest BCUT2D eigenvalue weighted by Crippen LogP contribution is -2.47. The fourth-order valence-electron chi connectivity index (χ4n) is 4.98. The Morgan fingerprint density at radius 3 is 2.41 bits per heavy atom. The van der Waals surface area contributed by atoms with Crippen LogP contribution < -0.4 is 10.7 Å². The van der Waals surface area contributed by atoms with Crippen LogP contribution in [-0.4, -0.2) is 41.4 Å². The van der Waals surface area contributed by atoms with Crippen LogP contribution in [0.25, 0.3) is 0 Å². The first-order chi connectivity index (χ1) is 17.7. The molecule has 3 aromatic carbocycles. The van der Waals surface area contributed by atoms with Crippen molar-refractivity contribution in [2.75, 3.05) is 17.3 Å². The number of nitrogens with zero attached hydrogens (tertiary/aromatic N) is 3. The second kappa shape index (κ2) is 10.2. The zero-order chi connectivity index (χ0) is 26.3. The van der Waals surface area contributed by atoms with Gasteiger partial charge in [-0.2, -0.15) is 5.10 Å². The summed E-state index contributed by atoms with van der Waals surface area (Å²) in [6, 6.07) is 18.5. The summed E-state index contributed by atoms with van der Waals surface area (Å²) in [5.74, 6) is -1.26. The van der Waals surface area contributed by atoms with E-state index in [9.17, 15) is 13.6 Å². The van der Waals surface area contributed by atoms with Crippen LogP contribution in [0, 0.1) is 17.6 Å². The standard InChI is InChI=1S/C28H27BrF2N4O2/c1-16-25(28-34(27(36)17(2)37-28)14-13-18-3-12-24(32)23(31)15-18)26(19-4-8-21(30)9-5-19)33-35(16)22-10-6-20(29)7-11-22/h3-12,15-17,25,28H,13-14,32H2,1-2H3/t16?,17-,25?,28+/m0/s1. The molecule has 0 aliphatic carbocycles.